The van der Waals surface area contributed by atoms with E-state index in [0.717, 1.165) is 31.2 Å². The van der Waals surface area contributed by atoms with E-state index >= 15 is 0 Å². The summed E-state index contributed by atoms with van der Waals surface area (Å²) < 4.78 is 0. The van der Waals surface area contributed by atoms with Gasteiger partial charge in [0.25, 0.3) is 5.91 Å². The van der Waals surface area contributed by atoms with E-state index in [1.54, 1.807) is 11.3 Å². The summed E-state index contributed by atoms with van der Waals surface area (Å²) in [5.74, 6) is 0.0173. The first-order chi connectivity index (χ1) is 18.0. The van der Waals surface area contributed by atoms with E-state index in [1.165, 1.54) is 47.3 Å². The van der Waals surface area contributed by atoms with Gasteiger partial charge in [0.1, 0.15) is 6.54 Å². The van der Waals surface area contributed by atoms with Crippen LogP contribution in [0.25, 0.3) is 0 Å². The molecule has 0 spiro atoms. The monoisotopic (exact) mass is 514 g/mol. The second-order valence-corrected chi connectivity index (χ2v) is 11.6. The quantitative estimate of drug-likeness (QED) is 0.275. The maximum atomic E-state index is 13.8. The minimum absolute atomic E-state index is 0.0199. The number of aryl methyl sites for hydroxylation is 2. The van der Waals surface area contributed by atoms with Crippen LogP contribution >= 0.6 is 11.3 Å². The number of hydrogen-bond donors (Lipinski definition) is 0. The standard InChI is InChI=1S/C32H38N2O2S/c1-3-4-5-6-7-24-10-14-26(15-11-24)32(36)34(27-16-17-27)22-30(35)33-20-18-29-28(19-21-37-29)31(33)25-12-8-23(2)9-13-25/h8-15,19,21,27,31H,3-7,16-18,20,22H2,1-2H3/t31-/m0/s1. The van der Waals surface area contributed by atoms with E-state index in [0.29, 0.717) is 12.1 Å². The zero-order valence-electron chi connectivity index (χ0n) is 22.1. The highest BCUT2D eigenvalue weighted by Gasteiger charge is 2.38. The van der Waals surface area contributed by atoms with Gasteiger partial charge in [0.05, 0.1) is 6.04 Å². The molecular formula is C32H38N2O2S. The van der Waals surface area contributed by atoms with Crippen molar-refractivity contribution in [1.29, 1.82) is 0 Å². The number of carbonyl (C=O) groups is 2. The summed E-state index contributed by atoms with van der Waals surface area (Å²) in [5, 5.41) is 2.13. The molecule has 4 nitrogen and oxygen atoms in total. The molecule has 5 heteroatoms. The maximum absolute atomic E-state index is 13.8. The van der Waals surface area contributed by atoms with Crippen LogP contribution in [0, 0.1) is 6.92 Å². The Morgan fingerprint density at radius 1 is 0.973 bits per heavy atom. The van der Waals surface area contributed by atoms with Crippen molar-refractivity contribution in [3.8, 4) is 0 Å². The molecule has 1 fully saturated rings. The number of amides is 2. The molecule has 1 atom stereocenters. The van der Waals surface area contributed by atoms with Gasteiger partial charge in [-0.1, -0.05) is 68.1 Å². The highest BCUT2D eigenvalue weighted by Crippen LogP contribution is 2.38. The van der Waals surface area contributed by atoms with Crippen molar-refractivity contribution < 1.29 is 9.59 Å². The van der Waals surface area contributed by atoms with E-state index in [9.17, 15) is 9.59 Å². The van der Waals surface area contributed by atoms with Gasteiger partial charge in [-0.15, -0.1) is 11.3 Å². The summed E-state index contributed by atoms with van der Waals surface area (Å²) in [6.07, 6.45) is 8.83. The Hall–Kier alpha value is -2.92. The summed E-state index contributed by atoms with van der Waals surface area (Å²) in [6, 6.07) is 18.8. The number of fused-ring (bicyclic) bond motifs is 1. The van der Waals surface area contributed by atoms with Crippen LogP contribution in [0.15, 0.2) is 60.0 Å². The molecule has 0 bridgehead atoms. The SMILES string of the molecule is CCCCCCc1ccc(C(=O)N(CC(=O)N2CCc3sccc3[C@@H]2c2ccc(C)cc2)C2CC2)cc1. The lowest BCUT2D eigenvalue weighted by molar-refractivity contribution is -0.134. The largest absolute Gasteiger partial charge is 0.330 e. The van der Waals surface area contributed by atoms with Crippen molar-refractivity contribution in [3.05, 3.63) is 92.7 Å². The van der Waals surface area contributed by atoms with Crippen LogP contribution in [0.2, 0.25) is 0 Å². The average Bonchev–Trinajstić information content (AvgIpc) is 3.65. The smallest absolute Gasteiger partial charge is 0.254 e. The molecule has 5 rings (SSSR count). The van der Waals surface area contributed by atoms with Crippen molar-refractivity contribution in [2.24, 2.45) is 0 Å². The van der Waals surface area contributed by atoms with Crippen molar-refractivity contribution in [1.82, 2.24) is 9.80 Å². The molecule has 2 heterocycles. The number of rotatable bonds is 10. The Bertz CT molecular complexity index is 1210. The minimum atomic E-state index is -0.0914. The van der Waals surface area contributed by atoms with E-state index in [-0.39, 0.29) is 30.4 Å². The third-order valence-electron chi connectivity index (χ3n) is 7.75. The molecule has 0 N–H and O–H groups in total. The van der Waals surface area contributed by atoms with E-state index < -0.39 is 0 Å². The fraction of sp³-hybridized carbons (Fsp3) is 0.438. The normalized spacial score (nSPS) is 16.9. The van der Waals surface area contributed by atoms with Crippen LogP contribution in [-0.4, -0.2) is 40.7 Å². The Balaban J connectivity index is 1.31. The maximum Gasteiger partial charge on any atom is 0.254 e. The first-order valence-electron chi connectivity index (χ1n) is 13.9. The van der Waals surface area contributed by atoms with E-state index in [4.69, 9.17) is 0 Å². The highest BCUT2D eigenvalue weighted by atomic mass is 32.1. The van der Waals surface area contributed by atoms with Crippen LogP contribution in [0.4, 0.5) is 0 Å². The number of benzene rings is 2. The third-order valence-corrected chi connectivity index (χ3v) is 8.75. The summed E-state index contributed by atoms with van der Waals surface area (Å²) in [5.41, 5.74) is 5.54. The van der Waals surface area contributed by atoms with Crippen molar-refractivity contribution in [2.45, 2.75) is 77.3 Å². The van der Waals surface area contributed by atoms with Gasteiger partial charge in [-0.3, -0.25) is 9.59 Å². The Morgan fingerprint density at radius 3 is 2.43 bits per heavy atom. The predicted octanol–water partition coefficient (Wildman–Crippen LogP) is 6.96. The van der Waals surface area contributed by atoms with Crippen LogP contribution in [0.1, 0.15) is 89.0 Å². The molecule has 0 unspecified atom stereocenters. The minimum Gasteiger partial charge on any atom is -0.330 e. The van der Waals surface area contributed by atoms with Gasteiger partial charge < -0.3 is 9.80 Å². The van der Waals surface area contributed by atoms with Gasteiger partial charge in [0.2, 0.25) is 5.91 Å². The first-order valence-corrected chi connectivity index (χ1v) is 14.8. The third kappa shape index (κ3) is 5.98. The van der Waals surface area contributed by atoms with Gasteiger partial charge >= 0.3 is 0 Å². The lowest BCUT2D eigenvalue weighted by Gasteiger charge is -2.37. The number of nitrogens with zero attached hydrogens (tertiary/aromatic N) is 2. The molecule has 1 aromatic heterocycles. The average molecular weight is 515 g/mol. The predicted molar refractivity (Wildman–Crippen MR) is 151 cm³/mol. The number of hydrogen-bond acceptors (Lipinski definition) is 3. The van der Waals surface area contributed by atoms with Gasteiger partial charge in [0.15, 0.2) is 0 Å². The molecule has 1 aliphatic heterocycles. The number of thiophene rings is 1. The van der Waals surface area contributed by atoms with Crippen molar-refractivity contribution in [3.63, 3.8) is 0 Å². The number of carbonyl (C=O) groups excluding carboxylic acids is 2. The second kappa shape index (κ2) is 11.6. The molecule has 2 aliphatic rings. The zero-order valence-corrected chi connectivity index (χ0v) is 22.9. The Morgan fingerprint density at radius 2 is 1.73 bits per heavy atom. The van der Waals surface area contributed by atoms with Crippen LogP contribution in [0.3, 0.4) is 0 Å². The zero-order chi connectivity index (χ0) is 25.8. The summed E-state index contributed by atoms with van der Waals surface area (Å²) in [4.78, 5) is 32.6. The van der Waals surface area contributed by atoms with Crippen LogP contribution in [-0.2, 0) is 17.6 Å². The molecule has 2 aromatic carbocycles. The van der Waals surface area contributed by atoms with Crippen LogP contribution < -0.4 is 0 Å². The van der Waals surface area contributed by atoms with Crippen LogP contribution in [0.5, 0.6) is 0 Å². The highest BCUT2D eigenvalue weighted by molar-refractivity contribution is 7.10. The van der Waals surface area contributed by atoms with Gasteiger partial charge in [-0.2, -0.15) is 0 Å². The van der Waals surface area contributed by atoms with E-state index in [2.05, 4.69) is 61.7 Å². The lowest BCUT2D eigenvalue weighted by Crippen LogP contribution is -2.47. The van der Waals surface area contributed by atoms with Gasteiger partial charge in [-0.05, 0) is 79.3 Å². The fourth-order valence-electron chi connectivity index (χ4n) is 5.42. The Kier molecular flexibility index (Phi) is 8.09. The molecular weight excluding hydrogens is 476 g/mol. The van der Waals surface area contributed by atoms with Crippen molar-refractivity contribution >= 4 is 23.2 Å². The van der Waals surface area contributed by atoms with E-state index in [1.807, 2.05) is 21.9 Å². The lowest BCUT2D eigenvalue weighted by atomic mass is 9.92. The molecule has 1 aliphatic carbocycles. The van der Waals surface area contributed by atoms with Crippen molar-refractivity contribution in [2.75, 3.05) is 13.1 Å². The van der Waals surface area contributed by atoms with Gasteiger partial charge in [0, 0.05) is 23.0 Å². The molecule has 37 heavy (non-hydrogen) atoms. The fourth-order valence-corrected chi connectivity index (χ4v) is 6.32. The van der Waals surface area contributed by atoms with Gasteiger partial charge in [-0.25, -0.2) is 0 Å². The molecule has 1 saturated carbocycles. The topological polar surface area (TPSA) is 40.6 Å². The molecule has 3 aromatic rings. The molecule has 0 radical (unpaired) electrons. The summed E-state index contributed by atoms with van der Waals surface area (Å²) in [7, 11) is 0. The Labute approximate surface area is 225 Å². The summed E-state index contributed by atoms with van der Waals surface area (Å²) in [6.45, 7) is 5.14. The molecule has 0 saturated heterocycles. The molecule has 194 valence electrons. The summed E-state index contributed by atoms with van der Waals surface area (Å²) >= 11 is 1.78. The first kappa shape index (κ1) is 25.7. The second-order valence-electron chi connectivity index (χ2n) is 10.6. The number of unbranched alkanes of at least 4 members (excludes halogenated alkanes) is 3. The molecule has 2 amide bonds.